The maximum absolute atomic E-state index is 2.72. The van der Waals surface area contributed by atoms with Crippen LogP contribution in [0.5, 0.6) is 0 Å². The molecule has 1 heterocycles. The highest BCUT2D eigenvalue weighted by Gasteiger charge is 2.36. The van der Waals surface area contributed by atoms with Gasteiger partial charge in [-0.15, -0.1) is 0 Å². The Balaban J connectivity index is 2.56. The van der Waals surface area contributed by atoms with Gasteiger partial charge in [0, 0.05) is 12.1 Å². The summed E-state index contributed by atoms with van der Waals surface area (Å²) in [5.41, 5.74) is 0.498. The molecule has 1 heteroatoms. The number of hydrogen-bond donors (Lipinski definition) is 0. The van der Waals surface area contributed by atoms with Gasteiger partial charge in [0.05, 0.1) is 0 Å². The third-order valence-corrected chi connectivity index (χ3v) is 3.34. The molecule has 0 aromatic heterocycles. The smallest absolute Gasteiger partial charge is 0.0184 e. The van der Waals surface area contributed by atoms with Crippen LogP contribution >= 0.6 is 0 Å². The Kier molecular flexibility index (Phi) is 4.00. The molecule has 0 bridgehead atoms. The molecule has 1 atom stereocenters. The lowest BCUT2D eigenvalue weighted by Gasteiger charge is -2.37. The molecule has 1 aliphatic rings. The second-order valence-electron chi connectivity index (χ2n) is 6.04. The van der Waals surface area contributed by atoms with E-state index >= 15 is 0 Å². The minimum atomic E-state index is 0.498. The van der Waals surface area contributed by atoms with E-state index in [9.17, 15) is 0 Å². The highest BCUT2D eigenvalue weighted by molar-refractivity contribution is 4.92. The fourth-order valence-electron chi connectivity index (χ4n) is 2.94. The topological polar surface area (TPSA) is 3.24 Å². The first-order valence-corrected chi connectivity index (χ1v) is 6.19. The molecule has 0 N–H and O–H groups in total. The van der Waals surface area contributed by atoms with E-state index in [1.165, 1.54) is 32.4 Å². The van der Waals surface area contributed by atoms with Crippen molar-refractivity contribution in [1.82, 2.24) is 4.90 Å². The second-order valence-corrected chi connectivity index (χ2v) is 6.04. The van der Waals surface area contributed by atoms with Gasteiger partial charge in [-0.2, -0.15) is 0 Å². The Morgan fingerprint density at radius 3 is 2.29 bits per heavy atom. The Bertz CT molecular complexity index is 174. The fraction of sp³-hybridized carbons (Fsp3) is 1.00. The average molecular weight is 197 g/mol. The van der Waals surface area contributed by atoms with Crippen molar-refractivity contribution >= 4 is 0 Å². The molecule has 1 saturated heterocycles. The Hall–Kier alpha value is -0.0400. The van der Waals surface area contributed by atoms with Crippen LogP contribution in [-0.4, -0.2) is 23.5 Å². The zero-order valence-corrected chi connectivity index (χ0v) is 10.6. The fourth-order valence-corrected chi connectivity index (χ4v) is 2.94. The number of nitrogens with zero attached hydrogens (tertiary/aromatic N) is 1. The molecule has 1 aliphatic heterocycles. The predicted molar refractivity (Wildman–Crippen MR) is 63.5 cm³/mol. The summed E-state index contributed by atoms with van der Waals surface area (Å²) in [5.74, 6) is 1.63. The number of likely N-dealkylation sites (tertiary alicyclic amines) is 1. The number of hydrogen-bond acceptors (Lipinski definition) is 1. The van der Waals surface area contributed by atoms with Crippen LogP contribution in [0.1, 0.15) is 53.9 Å². The zero-order chi connectivity index (χ0) is 10.8. The van der Waals surface area contributed by atoms with E-state index in [-0.39, 0.29) is 0 Å². The van der Waals surface area contributed by atoms with Gasteiger partial charge in [0.2, 0.25) is 0 Å². The van der Waals surface area contributed by atoms with Gasteiger partial charge in [-0.3, -0.25) is 4.90 Å². The SMILES string of the molecule is CC(C)CN1CCCC1(C)CC(C)C. The molecule has 0 saturated carbocycles. The van der Waals surface area contributed by atoms with Crippen molar-refractivity contribution in [2.45, 2.75) is 59.4 Å². The van der Waals surface area contributed by atoms with E-state index in [1.807, 2.05) is 0 Å². The normalized spacial score (nSPS) is 29.4. The minimum absolute atomic E-state index is 0.498. The third kappa shape index (κ3) is 2.98. The lowest BCUT2D eigenvalue weighted by molar-refractivity contribution is 0.116. The first-order valence-electron chi connectivity index (χ1n) is 6.19. The first kappa shape index (κ1) is 12.0. The van der Waals surface area contributed by atoms with Crippen LogP contribution in [0, 0.1) is 11.8 Å². The van der Waals surface area contributed by atoms with E-state index in [4.69, 9.17) is 0 Å². The van der Waals surface area contributed by atoms with Crippen molar-refractivity contribution in [3.63, 3.8) is 0 Å². The minimum Gasteiger partial charge on any atom is -0.298 e. The maximum Gasteiger partial charge on any atom is 0.0184 e. The molecule has 1 unspecified atom stereocenters. The maximum atomic E-state index is 2.72. The number of rotatable bonds is 4. The first-order chi connectivity index (χ1) is 6.44. The quantitative estimate of drug-likeness (QED) is 0.666. The van der Waals surface area contributed by atoms with E-state index in [1.54, 1.807) is 0 Å². The van der Waals surface area contributed by atoms with Crippen molar-refractivity contribution in [3.8, 4) is 0 Å². The predicted octanol–water partition coefficient (Wildman–Crippen LogP) is 3.54. The van der Waals surface area contributed by atoms with Gasteiger partial charge in [-0.1, -0.05) is 27.7 Å². The van der Waals surface area contributed by atoms with Gasteiger partial charge in [0.15, 0.2) is 0 Å². The van der Waals surface area contributed by atoms with E-state index < -0.39 is 0 Å². The van der Waals surface area contributed by atoms with Gasteiger partial charge in [-0.25, -0.2) is 0 Å². The standard InChI is InChI=1S/C13H27N/c1-11(2)9-13(5)7-6-8-14(13)10-12(3)4/h11-12H,6-10H2,1-5H3. The molecule has 14 heavy (non-hydrogen) atoms. The van der Waals surface area contributed by atoms with Crippen molar-refractivity contribution < 1.29 is 0 Å². The van der Waals surface area contributed by atoms with E-state index in [0.717, 1.165) is 11.8 Å². The molecule has 1 fully saturated rings. The summed E-state index contributed by atoms with van der Waals surface area (Å²) in [5, 5.41) is 0. The summed E-state index contributed by atoms with van der Waals surface area (Å²) in [6.07, 6.45) is 4.16. The highest BCUT2D eigenvalue weighted by Crippen LogP contribution is 2.34. The lowest BCUT2D eigenvalue weighted by atomic mass is 9.88. The lowest BCUT2D eigenvalue weighted by Crippen LogP contribution is -2.43. The van der Waals surface area contributed by atoms with Gasteiger partial charge in [0.1, 0.15) is 0 Å². The molecule has 1 nitrogen and oxygen atoms in total. The largest absolute Gasteiger partial charge is 0.298 e. The van der Waals surface area contributed by atoms with Crippen LogP contribution in [0.3, 0.4) is 0 Å². The highest BCUT2D eigenvalue weighted by atomic mass is 15.2. The molecule has 0 spiro atoms. The summed E-state index contributed by atoms with van der Waals surface area (Å²) in [6, 6.07) is 0. The van der Waals surface area contributed by atoms with Crippen molar-refractivity contribution in [2.75, 3.05) is 13.1 Å². The van der Waals surface area contributed by atoms with Crippen molar-refractivity contribution in [3.05, 3.63) is 0 Å². The summed E-state index contributed by atoms with van der Waals surface area (Å²) in [7, 11) is 0. The van der Waals surface area contributed by atoms with Crippen LogP contribution < -0.4 is 0 Å². The molecule has 0 aromatic rings. The second kappa shape index (κ2) is 4.65. The van der Waals surface area contributed by atoms with Crippen LogP contribution in [0.2, 0.25) is 0 Å². The Morgan fingerprint density at radius 2 is 1.79 bits per heavy atom. The van der Waals surface area contributed by atoms with Crippen LogP contribution in [0.15, 0.2) is 0 Å². The van der Waals surface area contributed by atoms with Gasteiger partial charge < -0.3 is 0 Å². The zero-order valence-electron chi connectivity index (χ0n) is 10.6. The summed E-state index contributed by atoms with van der Waals surface area (Å²) in [6.45, 7) is 14.4. The molecule has 84 valence electrons. The molecular weight excluding hydrogens is 170 g/mol. The monoisotopic (exact) mass is 197 g/mol. The molecule has 0 amide bonds. The van der Waals surface area contributed by atoms with E-state index in [0.29, 0.717) is 5.54 Å². The summed E-state index contributed by atoms with van der Waals surface area (Å²) < 4.78 is 0. The van der Waals surface area contributed by atoms with E-state index in [2.05, 4.69) is 39.5 Å². The van der Waals surface area contributed by atoms with Crippen molar-refractivity contribution in [2.24, 2.45) is 11.8 Å². The summed E-state index contributed by atoms with van der Waals surface area (Å²) >= 11 is 0. The van der Waals surface area contributed by atoms with Gasteiger partial charge in [-0.05, 0) is 44.6 Å². The Morgan fingerprint density at radius 1 is 1.14 bits per heavy atom. The molecule has 0 aromatic carbocycles. The van der Waals surface area contributed by atoms with Crippen molar-refractivity contribution in [1.29, 1.82) is 0 Å². The molecule has 1 rings (SSSR count). The Labute approximate surface area is 89.9 Å². The van der Waals surface area contributed by atoms with Gasteiger partial charge >= 0.3 is 0 Å². The van der Waals surface area contributed by atoms with Crippen LogP contribution in [-0.2, 0) is 0 Å². The molecule has 0 aliphatic carbocycles. The van der Waals surface area contributed by atoms with Gasteiger partial charge in [0.25, 0.3) is 0 Å². The van der Waals surface area contributed by atoms with Crippen LogP contribution in [0.4, 0.5) is 0 Å². The molecular formula is C13H27N. The van der Waals surface area contributed by atoms with Crippen LogP contribution in [0.25, 0.3) is 0 Å². The summed E-state index contributed by atoms with van der Waals surface area (Å²) in [4.78, 5) is 2.72. The third-order valence-electron chi connectivity index (χ3n) is 3.34. The molecule has 0 radical (unpaired) electrons. The average Bonchev–Trinajstić information content (AvgIpc) is 2.29.